The molecule has 0 saturated carbocycles. The van der Waals surface area contributed by atoms with E-state index in [9.17, 15) is 13.2 Å². The molecule has 5 rings (SSSR count). The molecule has 2 heterocycles. The van der Waals surface area contributed by atoms with Gasteiger partial charge in [-0.05, 0) is 72.1 Å². The Hall–Kier alpha value is -4.01. The number of pyridine rings is 1. The van der Waals surface area contributed by atoms with Crippen LogP contribution in [0, 0.1) is 6.92 Å². The van der Waals surface area contributed by atoms with E-state index in [4.69, 9.17) is 16.3 Å². The summed E-state index contributed by atoms with van der Waals surface area (Å²) < 4.78 is 33.2. The van der Waals surface area contributed by atoms with Crippen LogP contribution in [0.2, 0.25) is 5.02 Å². The summed E-state index contributed by atoms with van der Waals surface area (Å²) in [6.07, 6.45) is 4.37. The first kappa shape index (κ1) is 24.7. The molecule has 5 aromatic rings. The minimum absolute atomic E-state index is 0.135. The molecule has 186 valence electrons. The van der Waals surface area contributed by atoms with E-state index in [0.29, 0.717) is 33.1 Å². The molecule has 0 radical (unpaired) electrons. The first-order valence-corrected chi connectivity index (χ1v) is 13.4. The van der Waals surface area contributed by atoms with Crippen LogP contribution in [0.15, 0.2) is 95.0 Å². The summed E-state index contributed by atoms with van der Waals surface area (Å²) >= 11 is 6.18. The van der Waals surface area contributed by atoms with Crippen molar-refractivity contribution in [3.05, 3.63) is 112 Å². The lowest BCUT2D eigenvalue weighted by Crippen LogP contribution is -2.18. The highest BCUT2D eigenvalue weighted by Crippen LogP contribution is 2.32. The highest BCUT2D eigenvalue weighted by molar-refractivity contribution is 7.90. The molecule has 2 aromatic heterocycles. The van der Waals surface area contributed by atoms with Crippen molar-refractivity contribution >= 4 is 32.3 Å². The summed E-state index contributed by atoms with van der Waals surface area (Å²) in [4.78, 5) is 21.2. The molecule has 0 spiro atoms. The first-order chi connectivity index (χ1) is 17.8. The molecule has 37 heavy (non-hydrogen) atoms. The van der Waals surface area contributed by atoms with Gasteiger partial charge in [0, 0.05) is 35.1 Å². The van der Waals surface area contributed by atoms with Crippen molar-refractivity contribution in [2.75, 3.05) is 7.11 Å². The molecule has 9 heteroatoms. The van der Waals surface area contributed by atoms with E-state index in [1.54, 1.807) is 25.3 Å². The Kier molecular flexibility index (Phi) is 6.54. The third-order valence-corrected chi connectivity index (χ3v) is 8.16. The zero-order valence-electron chi connectivity index (χ0n) is 20.1. The molecule has 0 aliphatic carbocycles. The summed E-state index contributed by atoms with van der Waals surface area (Å²) in [5.74, 6) is 0.227. The van der Waals surface area contributed by atoms with E-state index in [2.05, 4.69) is 9.97 Å². The Labute approximate surface area is 218 Å². The zero-order valence-corrected chi connectivity index (χ0v) is 21.6. The highest BCUT2D eigenvalue weighted by atomic mass is 35.5. The smallest absolute Gasteiger partial charge is 0.255 e. The van der Waals surface area contributed by atoms with Crippen LogP contribution in [0.1, 0.15) is 11.3 Å². The van der Waals surface area contributed by atoms with Crippen LogP contribution >= 0.6 is 11.6 Å². The van der Waals surface area contributed by atoms with Crippen LogP contribution in [-0.4, -0.2) is 30.1 Å². The van der Waals surface area contributed by atoms with Gasteiger partial charge in [0.05, 0.1) is 34.7 Å². The van der Waals surface area contributed by atoms with E-state index in [0.717, 1.165) is 16.7 Å². The number of nitrogens with zero attached hydrogens (tertiary/aromatic N) is 3. The van der Waals surface area contributed by atoms with E-state index < -0.39 is 9.84 Å². The molecule has 0 unspecified atom stereocenters. The van der Waals surface area contributed by atoms with Gasteiger partial charge in [-0.3, -0.25) is 19.3 Å². The Bertz CT molecular complexity index is 1800. The fraction of sp³-hybridized carbons (Fsp3) is 0.107. The number of fused-ring (bicyclic) bond motifs is 1. The van der Waals surface area contributed by atoms with Gasteiger partial charge < -0.3 is 4.74 Å². The van der Waals surface area contributed by atoms with Crippen LogP contribution < -0.4 is 10.3 Å². The Morgan fingerprint density at radius 2 is 1.73 bits per heavy atom. The fourth-order valence-electron chi connectivity index (χ4n) is 4.21. The second-order valence-electron chi connectivity index (χ2n) is 8.53. The summed E-state index contributed by atoms with van der Waals surface area (Å²) in [7, 11) is -2.13. The number of aryl methyl sites for hydroxylation is 1. The lowest BCUT2D eigenvalue weighted by Gasteiger charge is -2.16. The number of rotatable bonds is 6. The quantitative estimate of drug-likeness (QED) is 0.292. The van der Waals surface area contributed by atoms with Crippen LogP contribution in [0.25, 0.3) is 27.7 Å². The van der Waals surface area contributed by atoms with E-state index >= 15 is 0 Å². The molecule has 0 saturated heterocycles. The predicted octanol–water partition coefficient (Wildman–Crippen LogP) is 5.39. The number of benzene rings is 3. The molecule has 7 nitrogen and oxygen atoms in total. The maximum absolute atomic E-state index is 13.0. The van der Waals surface area contributed by atoms with Crippen molar-refractivity contribution in [3.63, 3.8) is 0 Å². The first-order valence-electron chi connectivity index (χ1n) is 11.4. The topological polar surface area (TPSA) is 91.2 Å². The van der Waals surface area contributed by atoms with E-state index in [1.807, 2.05) is 43.3 Å². The molecule has 0 aliphatic rings. The minimum Gasteiger partial charge on any atom is -0.495 e. The predicted molar refractivity (Wildman–Crippen MR) is 144 cm³/mol. The minimum atomic E-state index is -3.67. The van der Waals surface area contributed by atoms with Gasteiger partial charge in [0.1, 0.15) is 5.75 Å². The maximum atomic E-state index is 13.0. The van der Waals surface area contributed by atoms with Crippen molar-refractivity contribution in [1.29, 1.82) is 0 Å². The Balaban J connectivity index is 1.59. The molecule has 0 bridgehead atoms. The van der Waals surface area contributed by atoms with Gasteiger partial charge >= 0.3 is 0 Å². The molecule has 0 amide bonds. The number of sulfone groups is 1. The van der Waals surface area contributed by atoms with Gasteiger partial charge in [-0.1, -0.05) is 23.7 Å². The van der Waals surface area contributed by atoms with Gasteiger partial charge in [-0.15, -0.1) is 0 Å². The number of hydrogen-bond donors (Lipinski definition) is 0. The summed E-state index contributed by atoms with van der Waals surface area (Å²) in [5, 5.41) is 1.28. The Morgan fingerprint density at radius 3 is 2.46 bits per heavy atom. The van der Waals surface area contributed by atoms with Crippen LogP contribution in [0.5, 0.6) is 5.75 Å². The van der Waals surface area contributed by atoms with Crippen molar-refractivity contribution in [2.24, 2.45) is 0 Å². The molecule has 3 aromatic carbocycles. The standard InChI is InChI=1S/C28H22ClN3O4S/c1-18-13-19(3-7-24(18)29)20-4-8-26(27(15-20)36-2)32-25-9-6-23(14-21(25)5-10-28(32)33)37(34,35)17-22-16-30-11-12-31-22/h3-16H,17H2,1-2H3. The number of aromatic nitrogens is 3. The van der Waals surface area contributed by atoms with Crippen molar-refractivity contribution in [3.8, 4) is 22.6 Å². The molecular weight excluding hydrogens is 510 g/mol. The van der Waals surface area contributed by atoms with Crippen molar-refractivity contribution in [1.82, 2.24) is 14.5 Å². The average molecular weight is 532 g/mol. The van der Waals surface area contributed by atoms with Gasteiger partial charge in [-0.25, -0.2) is 8.42 Å². The number of hydrogen-bond acceptors (Lipinski definition) is 6. The van der Waals surface area contributed by atoms with Crippen molar-refractivity contribution in [2.45, 2.75) is 17.6 Å². The molecular formula is C28H22ClN3O4S. The number of halogens is 1. The zero-order chi connectivity index (χ0) is 26.2. The second kappa shape index (κ2) is 9.80. The van der Waals surface area contributed by atoms with Crippen LogP contribution in [-0.2, 0) is 15.6 Å². The normalized spacial score (nSPS) is 11.5. The van der Waals surface area contributed by atoms with Gasteiger partial charge in [0.15, 0.2) is 9.84 Å². The lowest BCUT2D eigenvalue weighted by atomic mass is 10.0. The highest BCUT2D eigenvalue weighted by Gasteiger charge is 2.19. The maximum Gasteiger partial charge on any atom is 0.255 e. The molecule has 0 aliphatic heterocycles. The Morgan fingerprint density at radius 1 is 0.946 bits per heavy atom. The largest absolute Gasteiger partial charge is 0.495 e. The van der Waals surface area contributed by atoms with Crippen molar-refractivity contribution < 1.29 is 13.2 Å². The van der Waals surface area contributed by atoms with Crippen LogP contribution in [0.3, 0.4) is 0 Å². The summed E-state index contributed by atoms with van der Waals surface area (Å²) in [6.45, 7) is 1.94. The third kappa shape index (κ3) is 4.85. The fourth-order valence-corrected chi connectivity index (χ4v) is 5.62. The summed E-state index contributed by atoms with van der Waals surface area (Å²) in [6, 6.07) is 19.1. The lowest BCUT2D eigenvalue weighted by molar-refractivity contribution is 0.413. The summed E-state index contributed by atoms with van der Waals surface area (Å²) in [5.41, 5.74) is 4.02. The van der Waals surface area contributed by atoms with Gasteiger partial charge in [0.2, 0.25) is 0 Å². The number of ether oxygens (including phenoxy) is 1. The molecule has 0 N–H and O–H groups in total. The van der Waals surface area contributed by atoms with E-state index in [-0.39, 0.29) is 16.2 Å². The SMILES string of the molecule is COc1cc(-c2ccc(Cl)c(C)c2)ccc1-n1c(=O)ccc2cc(S(=O)(=O)Cc3cnccn3)ccc21. The second-order valence-corrected chi connectivity index (χ2v) is 10.9. The monoisotopic (exact) mass is 531 g/mol. The van der Waals surface area contributed by atoms with Crippen LogP contribution in [0.4, 0.5) is 0 Å². The molecule has 0 atom stereocenters. The van der Waals surface area contributed by atoms with E-state index in [1.165, 1.54) is 35.3 Å². The average Bonchev–Trinajstić information content (AvgIpc) is 2.90. The molecule has 0 fully saturated rings. The van der Waals surface area contributed by atoms with Gasteiger partial charge in [0.25, 0.3) is 5.56 Å². The third-order valence-electron chi connectivity index (χ3n) is 6.09. The van der Waals surface area contributed by atoms with Gasteiger partial charge in [-0.2, -0.15) is 0 Å². The number of methoxy groups -OCH3 is 1.